The number of piperazine rings is 1. The van der Waals surface area contributed by atoms with Gasteiger partial charge in [-0.15, -0.1) is 0 Å². The molecule has 0 aromatic heterocycles. The SMILES string of the molecule is CCCN1CCN(CCC(N)C(=O)OCC)CC1. The van der Waals surface area contributed by atoms with Crippen LogP contribution in [0.1, 0.15) is 26.7 Å². The summed E-state index contributed by atoms with van der Waals surface area (Å²) in [5.74, 6) is -0.276. The maximum Gasteiger partial charge on any atom is 0.322 e. The first kappa shape index (κ1) is 15.4. The molecule has 5 heteroatoms. The molecule has 0 aliphatic carbocycles. The van der Waals surface area contributed by atoms with Gasteiger partial charge in [-0.1, -0.05) is 6.92 Å². The Bertz CT molecular complexity index is 240. The van der Waals surface area contributed by atoms with Crippen molar-refractivity contribution in [1.82, 2.24) is 9.80 Å². The third-order valence-corrected chi connectivity index (χ3v) is 3.35. The highest BCUT2D eigenvalue weighted by Gasteiger charge is 2.19. The molecule has 0 aromatic carbocycles. The predicted octanol–water partition coefficient (Wildman–Crippen LogP) is 0.295. The monoisotopic (exact) mass is 257 g/mol. The van der Waals surface area contributed by atoms with E-state index in [0.29, 0.717) is 13.0 Å². The van der Waals surface area contributed by atoms with E-state index < -0.39 is 6.04 Å². The molecule has 0 spiro atoms. The van der Waals surface area contributed by atoms with E-state index in [1.807, 2.05) is 0 Å². The van der Waals surface area contributed by atoms with Gasteiger partial charge in [0, 0.05) is 32.7 Å². The summed E-state index contributed by atoms with van der Waals surface area (Å²) >= 11 is 0. The molecule has 106 valence electrons. The summed E-state index contributed by atoms with van der Waals surface area (Å²) in [7, 11) is 0. The van der Waals surface area contributed by atoms with Gasteiger partial charge in [0.15, 0.2) is 0 Å². The van der Waals surface area contributed by atoms with Gasteiger partial charge in [0.05, 0.1) is 6.61 Å². The number of nitrogens with two attached hydrogens (primary N) is 1. The van der Waals surface area contributed by atoms with Crippen LogP contribution in [0.3, 0.4) is 0 Å². The van der Waals surface area contributed by atoms with Crippen molar-refractivity contribution in [2.24, 2.45) is 5.73 Å². The van der Waals surface area contributed by atoms with Crippen LogP contribution in [-0.2, 0) is 9.53 Å². The first-order valence-electron chi connectivity index (χ1n) is 7.04. The zero-order chi connectivity index (χ0) is 13.4. The van der Waals surface area contributed by atoms with Gasteiger partial charge in [-0.25, -0.2) is 0 Å². The Kier molecular flexibility index (Phi) is 7.23. The highest BCUT2D eigenvalue weighted by atomic mass is 16.5. The van der Waals surface area contributed by atoms with Crippen molar-refractivity contribution in [3.63, 3.8) is 0 Å². The molecule has 1 saturated heterocycles. The van der Waals surface area contributed by atoms with Crippen molar-refractivity contribution in [3.8, 4) is 0 Å². The zero-order valence-electron chi connectivity index (χ0n) is 11.7. The van der Waals surface area contributed by atoms with E-state index >= 15 is 0 Å². The molecule has 0 bridgehead atoms. The summed E-state index contributed by atoms with van der Waals surface area (Å²) in [6.07, 6.45) is 1.90. The first-order chi connectivity index (χ1) is 8.67. The number of ether oxygens (including phenoxy) is 1. The van der Waals surface area contributed by atoms with Crippen LogP contribution in [0.2, 0.25) is 0 Å². The molecule has 0 saturated carbocycles. The third kappa shape index (κ3) is 5.33. The summed E-state index contributed by atoms with van der Waals surface area (Å²) in [5, 5.41) is 0. The van der Waals surface area contributed by atoms with Gasteiger partial charge in [-0.2, -0.15) is 0 Å². The van der Waals surface area contributed by atoms with E-state index in [1.165, 1.54) is 13.0 Å². The Balaban J connectivity index is 2.15. The predicted molar refractivity (Wildman–Crippen MR) is 72.4 cm³/mol. The van der Waals surface area contributed by atoms with Crippen molar-refractivity contribution in [3.05, 3.63) is 0 Å². The van der Waals surface area contributed by atoms with E-state index in [0.717, 1.165) is 32.7 Å². The van der Waals surface area contributed by atoms with E-state index in [2.05, 4.69) is 16.7 Å². The molecule has 1 aliphatic heterocycles. The Morgan fingerprint density at radius 1 is 1.17 bits per heavy atom. The van der Waals surface area contributed by atoms with Crippen molar-refractivity contribution in [1.29, 1.82) is 0 Å². The van der Waals surface area contributed by atoms with Crippen LogP contribution in [0.15, 0.2) is 0 Å². The summed E-state index contributed by atoms with van der Waals surface area (Å²) in [4.78, 5) is 16.2. The molecule has 5 nitrogen and oxygen atoms in total. The van der Waals surface area contributed by atoms with E-state index in [1.54, 1.807) is 6.92 Å². The molecule has 1 fully saturated rings. The first-order valence-corrected chi connectivity index (χ1v) is 7.04. The fourth-order valence-corrected chi connectivity index (χ4v) is 2.24. The fourth-order valence-electron chi connectivity index (χ4n) is 2.24. The fraction of sp³-hybridized carbons (Fsp3) is 0.923. The quantitative estimate of drug-likeness (QED) is 0.665. The highest BCUT2D eigenvalue weighted by molar-refractivity contribution is 5.75. The Morgan fingerprint density at radius 3 is 2.22 bits per heavy atom. The molecule has 0 aromatic rings. The number of esters is 1. The van der Waals surface area contributed by atoms with Crippen molar-refractivity contribution in [2.45, 2.75) is 32.7 Å². The van der Waals surface area contributed by atoms with Crippen LogP contribution in [0.4, 0.5) is 0 Å². The van der Waals surface area contributed by atoms with Crippen molar-refractivity contribution in [2.75, 3.05) is 45.9 Å². The van der Waals surface area contributed by atoms with Crippen LogP contribution in [0.5, 0.6) is 0 Å². The largest absolute Gasteiger partial charge is 0.465 e. The molecule has 0 amide bonds. The summed E-state index contributed by atoms with van der Waals surface area (Å²) in [6, 6.07) is -0.473. The lowest BCUT2D eigenvalue weighted by Gasteiger charge is -2.34. The molecular weight excluding hydrogens is 230 g/mol. The van der Waals surface area contributed by atoms with Crippen molar-refractivity contribution >= 4 is 5.97 Å². The molecule has 2 N–H and O–H groups in total. The topological polar surface area (TPSA) is 58.8 Å². The molecule has 1 unspecified atom stereocenters. The van der Waals surface area contributed by atoms with Gasteiger partial charge in [-0.05, 0) is 26.3 Å². The Morgan fingerprint density at radius 2 is 1.72 bits per heavy atom. The average Bonchev–Trinajstić information content (AvgIpc) is 2.38. The van der Waals surface area contributed by atoms with Gasteiger partial charge in [0.25, 0.3) is 0 Å². The number of rotatable bonds is 7. The lowest BCUT2D eigenvalue weighted by molar-refractivity contribution is -0.144. The minimum Gasteiger partial charge on any atom is -0.465 e. The minimum absolute atomic E-state index is 0.276. The van der Waals surface area contributed by atoms with Gasteiger partial charge in [0.2, 0.25) is 0 Å². The Hall–Kier alpha value is -0.650. The lowest BCUT2D eigenvalue weighted by atomic mass is 10.2. The normalized spacial score (nSPS) is 19.7. The van der Waals surface area contributed by atoms with Gasteiger partial charge < -0.3 is 20.3 Å². The van der Waals surface area contributed by atoms with Crippen LogP contribution < -0.4 is 5.73 Å². The number of carbonyl (C=O) groups excluding carboxylic acids is 1. The number of hydrogen-bond donors (Lipinski definition) is 1. The standard InChI is InChI=1S/C13H27N3O2/c1-3-6-15-8-10-16(11-9-15)7-5-12(14)13(17)18-4-2/h12H,3-11,14H2,1-2H3. The summed E-state index contributed by atoms with van der Waals surface area (Å²) in [6.45, 7) is 10.9. The van der Waals surface area contributed by atoms with Crippen LogP contribution in [-0.4, -0.2) is 67.7 Å². The molecule has 1 aliphatic rings. The van der Waals surface area contributed by atoms with Crippen LogP contribution in [0, 0.1) is 0 Å². The average molecular weight is 257 g/mol. The molecular formula is C13H27N3O2. The van der Waals surface area contributed by atoms with Crippen molar-refractivity contribution < 1.29 is 9.53 Å². The van der Waals surface area contributed by atoms with E-state index in [4.69, 9.17) is 10.5 Å². The molecule has 1 heterocycles. The van der Waals surface area contributed by atoms with Gasteiger partial charge in [0.1, 0.15) is 6.04 Å². The number of carbonyl (C=O) groups is 1. The maximum absolute atomic E-state index is 11.4. The van der Waals surface area contributed by atoms with Gasteiger partial charge >= 0.3 is 5.97 Å². The summed E-state index contributed by atoms with van der Waals surface area (Å²) in [5.41, 5.74) is 5.78. The Labute approximate surface area is 110 Å². The second-order valence-corrected chi connectivity index (χ2v) is 4.83. The molecule has 18 heavy (non-hydrogen) atoms. The number of hydrogen-bond acceptors (Lipinski definition) is 5. The second-order valence-electron chi connectivity index (χ2n) is 4.83. The highest BCUT2D eigenvalue weighted by Crippen LogP contribution is 2.04. The number of nitrogens with zero attached hydrogens (tertiary/aromatic N) is 2. The zero-order valence-corrected chi connectivity index (χ0v) is 11.7. The summed E-state index contributed by atoms with van der Waals surface area (Å²) < 4.78 is 4.90. The van der Waals surface area contributed by atoms with Crippen LogP contribution >= 0.6 is 0 Å². The maximum atomic E-state index is 11.4. The molecule has 1 atom stereocenters. The third-order valence-electron chi connectivity index (χ3n) is 3.35. The van der Waals surface area contributed by atoms with Crippen LogP contribution in [0.25, 0.3) is 0 Å². The van der Waals surface area contributed by atoms with E-state index in [-0.39, 0.29) is 5.97 Å². The second kappa shape index (κ2) is 8.45. The smallest absolute Gasteiger partial charge is 0.322 e. The van der Waals surface area contributed by atoms with E-state index in [9.17, 15) is 4.79 Å². The molecule has 0 radical (unpaired) electrons. The van der Waals surface area contributed by atoms with Gasteiger partial charge in [-0.3, -0.25) is 4.79 Å². The molecule has 1 rings (SSSR count). The minimum atomic E-state index is -0.473. The lowest BCUT2D eigenvalue weighted by Crippen LogP contribution is -2.48.